The van der Waals surface area contributed by atoms with Gasteiger partial charge >= 0.3 is 0 Å². The second-order valence-corrected chi connectivity index (χ2v) is 6.22. The van der Waals surface area contributed by atoms with Crippen LogP contribution in [0.25, 0.3) is 0 Å². The molecule has 22 heavy (non-hydrogen) atoms. The van der Waals surface area contributed by atoms with Gasteiger partial charge in [-0.25, -0.2) is 0 Å². The molecule has 7 heteroatoms. The van der Waals surface area contributed by atoms with Gasteiger partial charge in [-0.05, 0) is 12.8 Å². The van der Waals surface area contributed by atoms with Crippen LogP contribution in [-0.2, 0) is 21.4 Å². The minimum absolute atomic E-state index is 0.0795. The smallest absolute Gasteiger partial charge is 0.235 e. The number of nitrogens with zero attached hydrogens (tertiary/aromatic N) is 3. The van der Waals surface area contributed by atoms with E-state index in [0.29, 0.717) is 12.1 Å². The van der Waals surface area contributed by atoms with Crippen molar-refractivity contribution < 1.29 is 14.4 Å². The predicted molar refractivity (Wildman–Crippen MR) is 78.7 cm³/mol. The van der Waals surface area contributed by atoms with Crippen molar-refractivity contribution in [1.82, 2.24) is 14.7 Å². The molecule has 1 aromatic heterocycles. The summed E-state index contributed by atoms with van der Waals surface area (Å²) in [4.78, 5) is 37.7. The molecule has 118 valence electrons. The largest absolute Gasteiger partial charge is 0.323 e. The highest BCUT2D eigenvalue weighted by Gasteiger charge is 2.52. The summed E-state index contributed by atoms with van der Waals surface area (Å²) in [5.74, 6) is -0.439. The number of rotatable bonds is 4. The molecular formula is C15H20N4O3. The van der Waals surface area contributed by atoms with E-state index in [1.54, 1.807) is 24.1 Å². The first kappa shape index (κ1) is 14.7. The maximum Gasteiger partial charge on any atom is 0.235 e. The molecule has 0 unspecified atom stereocenters. The average Bonchev–Trinajstić information content (AvgIpc) is 3.13. The number of hydrogen-bond donors (Lipinski definition) is 1. The highest BCUT2D eigenvalue weighted by atomic mass is 16.2. The SMILES string of the molecule is Cn1cc(NC(=O)CCN2C(=O)CC3(CCCC3)C2=O)cn1. The molecule has 0 aromatic carbocycles. The van der Waals surface area contributed by atoms with Crippen LogP contribution in [0.3, 0.4) is 0 Å². The van der Waals surface area contributed by atoms with Gasteiger partial charge in [0.05, 0.1) is 17.3 Å². The van der Waals surface area contributed by atoms with Crippen molar-refractivity contribution in [3.63, 3.8) is 0 Å². The fraction of sp³-hybridized carbons (Fsp3) is 0.600. The molecule has 1 spiro atoms. The number of imide groups is 1. The first-order chi connectivity index (χ1) is 10.5. The van der Waals surface area contributed by atoms with E-state index in [4.69, 9.17) is 0 Å². The molecule has 1 saturated heterocycles. The molecule has 1 saturated carbocycles. The van der Waals surface area contributed by atoms with E-state index >= 15 is 0 Å². The molecule has 0 bridgehead atoms. The molecule has 2 aliphatic rings. The van der Waals surface area contributed by atoms with Gasteiger partial charge < -0.3 is 5.32 Å². The molecule has 1 N–H and O–H groups in total. The van der Waals surface area contributed by atoms with E-state index < -0.39 is 5.41 Å². The van der Waals surface area contributed by atoms with Crippen LogP contribution in [0.15, 0.2) is 12.4 Å². The maximum absolute atomic E-state index is 12.5. The molecule has 3 rings (SSSR count). The highest BCUT2D eigenvalue weighted by Crippen LogP contribution is 2.46. The Hall–Kier alpha value is -2.18. The molecule has 0 atom stereocenters. The van der Waals surface area contributed by atoms with Crippen LogP contribution in [0.2, 0.25) is 0 Å². The van der Waals surface area contributed by atoms with Crippen LogP contribution >= 0.6 is 0 Å². The number of nitrogens with one attached hydrogen (secondary N) is 1. The minimum atomic E-state index is -0.461. The number of anilines is 1. The third-order valence-corrected chi connectivity index (χ3v) is 4.60. The number of aryl methyl sites for hydroxylation is 1. The lowest BCUT2D eigenvalue weighted by molar-refractivity contribution is -0.141. The standard InChI is InChI=1S/C15H20N4O3/c1-18-10-11(9-16-18)17-12(20)4-7-19-13(21)8-15(14(19)22)5-2-3-6-15/h9-10H,2-8H2,1H3,(H,17,20). The number of likely N-dealkylation sites (tertiary alicyclic amines) is 1. The van der Waals surface area contributed by atoms with Gasteiger partial charge in [0.2, 0.25) is 17.7 Å². The molecule has 1 aromatic rings. The van der Waals surface area contributed by atoms with Crippen LogP contribution in [0.1, 0.15) is 38.5 Å². The topological polar surface area (TPSA) is 84.3 Å². The molecule has 2 fully saturated rings. The number of carbonyl (C=O) groups excluding carboxylic acids is 3. The van der Waals surface area contributed by atoms with Crippen molar-refractivity contribution in [2.24, 2.45) is 12.5 Å². The molecule has 3 amide bonds. The molecule has 1 aliphatic carbocycles. The van der Waals surface area contributed by atoms with Gasteiger partial charge in [-0.3, -0.25) is 24.0 Å². The van der Waals surface area contributed by atoms with Crippen LogP contribution in [0.4, 0.5) is 5.69 Å². The summed E-state index contributed by atoms with van der Waals surface area (Å²) in [6.45, 7) is 0.158. The van der Waals surface area contributed by atoms with Crippen molar-refractivity contribution in [2.45, 2.75) is 38.5 Å². The number of carbonyl (C=O) groups is 3. The molecule has 1 aliphatic heterocycles. The molecule has 0 radical (unpaired) electrons. The minimum Gasteiger partial charge on any atom is -0.323 e. The van der Waals surface area contributed by atoms with Crippen molar-refractivity contribution in [3.05, 3.63) is 12.4 Å². The van der Waals surface area contributed by atoms with E-state index in [-0.39, 0.29) is 30.7 Å². The quantitative estimate of drug-likeness (QED) is 0.843. The first-order valence-electron chi connectivity index (χ1n) is 7.63. The molecule has 7 nitrogen and oxygen atoms in total. The summed E-state index contributed by atoms with van der Waals surface area (Å²) in [7, 11) is 1.76. The van der Waals surface area contributed by atoms with Gasteiger partial charge in [-0.15, -0.1) is 0 Å². The van der Waals surface area contributed by atoms with Gasteiger partial charge in [-0.1, -0.05) is 12.8 Å². The second kappa shape index (κ2) is 5.55. The van der Waals surface area contributed by atoms with Crippen LogP contribution in [-0.4, -0.2) is 38.9 Å². The van der Waals surface area contributed by atoms with Crippen molar-refractivity contribution in [2.75, 3.05) is 11.9 Å². The predicted octanol–water partition coefficient (Wildman–Crippen LogP) is 1.07. The Morgan fingerprint density at radius 1 is 1.36 bits per heavy atom. The highest BCUT2D eigenvalue weighted by molar-refractivity contribution is 6.06. The zero-order chi connectivity index (χ0) is 15.7. The van der Waals surface area contributed by atoms with E-state index in [1.807, 2.05) is 0 Å². The molecular weight excluding hydrogens is 284 g/mol. The normalized spacial score (nSPS) is 20.1. The van der Waals surface area contributed by atoms with Crippen LogP contribution in [0.5, 0.6) is 0 Å². The summed E-state index contributed by atoms with van der Waals surface area (Å²) in [6.07, 6.45) is 7.29. The maximum atomic E-state index is 12.5. The Labute approximate surface area is 128 Å². The number of amides is 3. The monoisotopic (exact) mass is 304 g/mol. The zero-order valence-corrected chi connectivity index (χ0v) is 12.7. The fourth-order valence-corrected chi connectivity index (χ4v) is 3.45. The Morgan fingerprint density at radius 3 is 2.73 bits per heavy atom. The third-order valence-electron chi connectivity index (χ3n) is 4.60. The van der Waals surface area contributed by atoms with Gasteiger partial charge in [0.25, 0.3) is 0 Å². The van der Waals surface area contributed by atoms with E-state index in [1.165, 1.54) is 4.90 Å². The van der Waals surface area contributed by atoms with Gasteiger partial charge in [0.15, 0.2) is 0 Å². The number of hydrogen-bond acceptors (Lipinski definition) is 4. The Balaban J connectivity index is 1.56. The Kier molecular flexibility index (Phi) is 3.72. The van der Waals surface area contributed by atoms with Crippen LogP contribution < -0.4 is 5.32 Å². The van der Waals surface area contributed by atoms with Crippen LogP contribution in [0, 0.1) is 5.41 Å². The Morgan fingerprint density at radius 2 is 2.09 bits per heavy atom. The summed E-state index contributed by atoms with van der Waals surface area (Å²) < 4.78 is 1.59. The summed E-state index contributed by atoms with van der Waals surface area (Å²) in [6, 6.07) is 0. The zero-order valence-electron chi connectivity index (χ0n) is 12.7. The fourth-order valence-electron chi connectivity index (χ4n) is 3.45. The van der Waals surface area contributed by atoms with E-state index in [9.17, 15) is 14.4 Å². The second-order valence-electron chi connectivity index (χ2n) is 6.22. The lowest BCUT2D eigenvalue weighted by Crippen LogP contribution is -2.36. The summed E-state index contributed by atoms with van der Waals surface area (Å²) in [5.41, 5.74) is 0.149. The first-order valence-corrected chi connectivity index (χ1v) is 7.63. The van der Waals surface area contributed by atoms with Crippen molar-refractivity contribution >= 4 is 23.4 Å². The van der Waals surface area contributed by atoms with E-state index in [2.05, 4.69) is 10.4 Å². The van der Waals surface area contributed by atoms with Crippen molar-refractivity contribution in [3.8, 4) is 0 Å². The van der Waals surface area contributed by atoms with Crippen molar-refractivity contribution in [1.29, 1.82) is 0 Å². The van der Waals surface area contributed by atoms with Gasteiger partial charge in [0.1, 0.15) is 0 Å². The van der Waals surface area contributed by atoms with Gasteiger partial charge in [-0.2, -0.15) is 5.10 Å². The molecule has 2 heterocycles. The lowest BCUT2D eigenvalue weighted by atomic mass is 9.84. The third kappa shape index (κ3) is 2.63. The number of aromatic nitrogens is 2. The summed E-state index contributed by atoms with van der Waals surface area (Å²) >= 11 is 0. The lowest BCUT2D eigenvalue weighted by Gasteiger charge is -2.20. The average molecular weight is 304 g/mol. The summed E-state index contributed by atoms with van der Waals surface area (Å²) in [5, 5.41) is 6.67. The van der Waals surface area contributed by atoms with E-state index in [0.717, 1.165) is 25.7 Å². The van der Waals surface area contributed by atoms with Gasteiger partial charge in [0, 0.05) is 32.6 Å². The Bertz CT molecular complexity index is 616.